The molecular weight excluding hydrogens is 360 g/mol. The number of aromatic nitrogens is 5. The van der Waals surface area contributed by atoms with E-state index in [-0.39, 0.29) is 11.9 Å². The zero-order valence-corrected chi connectivity index (χ0v) is 15.3. The lowest BCUT2D eigenvalue weighted by molar-refractivity contribution is 0.0934. The minimum atomic E-state index is -0.153. The van der Waals surface area contributed by atoms with Crippen LogP contribution in [0.2, 0.25) is 0 Å². The third-order valence-electron chi connectivity index (χ3n) is 4.27. The van der Waals surface area contributed by atoms with Crippen molar-refractivity contribution in [2.24, 2.45) is 0 Å². The first-order chi connectivity index (χ1) is 13.3. The maximum absolute atomic E-state index is 13.0. The fourth-order valence-electron chi connectivity index (χ4n) is 2.92. The summed E-state index contributed by atoms with van der Waals surface area (Å²) in [5, 5.41) is 16.3. The van der Waals surface area contributed by atoms with Crippen molar-refractivity contribution in [1.82, 2.24) is 30.3 Å². The highest BCUT2D eigenvalue weighted by molar-refractivity contribution is 7.13. The molecule has 0 aliphatic rings. The Morgan fingerprint density at radius 3 is 2.85 bits per heavy atom. The lowest BCUT2D eigenvalue weighted by Crippen LogP contribution is -2.29. The van der Waals surface area contributed by atoms with Crippen molar-refractivity contribution < 1.29 is 4.79 Å². The Balaban J connectivity index is 1.54. The number of nitrogens with one attached hydrogen (secondary N) is 2. The maximum atomic E-state index is 13.0. The lowest BCUT2D eigenvalue weighted by atomic mass is 10.0. The van der Waals surface area contributed by atoms with Crippen LogP contribution in [0.15, 0.2) is 66.7 Å². The van der Waals surface area contributed by atoms with Crippen molar-refractivity contribution in [3.05, 3.63) is 77.8 Å². The number of hydrogen-bond donors (Lipinski definition) is 2. The molecule has 0 saturated heterocycles. The lowest BCUT2D eigenvalue weighted by Gasteiger charge is -2.19. The number of rotatable bonds is 7. The smallest absolute Gasteiger partial charge is 0.255 e. The van der Waals surface area contributed by atoms with E-state index in [0.717, 1.165) is 16.1 Å². The number of aromatic amines is 1. The van der Waals surface area contributed by atoms with Crippen LogP contribution in [-0.4, -0.2) is 30.9 Å². The first-order valence-corrected chi connectivity index (χ1v) is 9.44. The van der Waals surface area contributed by atoms with E-state index in [1.54, 1.807) is 28.5 Å². The van der Waals surface area contributed by atoms with E-state index < -0.39 is 0 Å². The van der Waals surface area contributed by atoms with Gasteiger partial charge in [0.15, 0.2) is 0 Å². The van der Waals surface area contributed by atoms with Gasteiger partial charge in [0, 0.05) is 6.54 Å². The third kappa shape index (κ3) is 3.95. The molecule has 8 heteroatoms. The van der Waals surface area contributed by atoms with Crippen molar-refractivity contribution >= 4 is 17.2 Å². The number of H-pyrrole nitrogens is 1. The minimum Gasteiger partial charge on any atom is -0.345 e. The van der Waals surface area contributed by atoms with E-state index in [1.165, 1.54) is 6.33 Å². The SMILES string of the molecule is O=C(N[C@@H](CCn1cncn1)c1ccccc1)c1cn[nH]c1-c1cccs1. The van der Waals surface area contributed by atoms with Gasteiger partial charge in [-0.15, -0.1) is 11.3 Å². The number of benzene rings is 1. The summed E-state index contributed by atoms with van der Waals surface area (Å²) in [6, 6.07) is 13.7. The molecule has 1 aromatic carbocycles. The average Bonchev–Trinajstić information content (AvgIpc) is 3.47. The Hall–Kier alpha value is -3.26. The first-order valence-electron chi connectivity index (χ1n) is 8.57. The molecule has 4 aromatic rings. The van der Waals surface area contributed by atoms with Gasteiger partial charge in [-0.25, -0.2) is 4.98 Å². The topological polar surface area (TPSA) is 88.5 Å². The molecule has 7 nitrogen and oxygen atoms in total. The molecule has 4 rings (SSSR count). The van der Waals surface area contributed by atoms with Gasteiger partial charge < -0.3 is 5.32 Å². The van der Waals surface area contributed by atoms with Crippen LogP contribution in [-0.2, 0) is 6.54 Å². The van der Waals surface area contributed by atoms with E-state index in [1.807, 2.05) is 47.8 Å². The second-order valence-corrected chi connectivity index (χ2v) is 6.97. The van der Waals surface area contributed by atoms with Crippen LogP contribution >= 0.6 is 11.3 Å². The average molecular weight is 378 g/mol. The molecule has 3 heterocycles. The molecule has 0 radical (unpaired) electrons. The predicted molar refractivity (Wildman–Crippen MR) is 103 cm³/mol. The Bertz CT molecular complexity index is 979. The van der Waals surface area contributed by atoms with E-state index in [0.29, 0.717) is 18.5 Å². The molecule has 136 valence electrons. The number of amides is 1. The van der Waals surface area contributed by atoms with Crippen LogP contribution in [0.4, 0.5) is 0 Å². The quantitative estimate of drug-likeness (QED) is 0.516. The highest BCUT2D eigenvalue weighted by Gasteiger charge is 2.20. The number of carbonyl (C=O) groups excluding carboxylic acids is 1. The number of hydrogen-bond acceptors (Lipinski definition) is 5. The highest BCUT2D eigenvalue weighted by atomic mass is 32.1. The van der Waals surface area contributed by atoms with E-state index in [2.05, 4.69) is 25.6 Å². The van der Waals surface area contributed by atoms with Gasteiger partial charge in [-0.3, -0.25) is 14.6 Å². The van der Waals surface area contributed by atoms with Gasteiger partial charge in [-0.1, -0.05) is 36.4 Å². The summed E-state index contributed by atoms with van der Waals surface area (Å²) < 4.78 is 1.76. The van der Waals surface area contributed by atoms with Crippen LogP contribution in [0.1, 0.15) is 28.4 Å². The van der Waals surface area contributed by atoms with Crippen molar-refractivity contribution in [3.63, 3.8) is 0 Å². The molecule has 2 N–H and O–H groups in total. The molecule has 0 aliphatic heterocycles. The second kappa shape index (κ2) is 7.96. The Morgan fingerprint density at radius 1 is 1.22 bits per heavy atom. The largest absolute Gasteiger partial charge is 0.345 e. The zero-order valence-electron chi connectivity index (χ0n) is 14.4. The van der Waals surface area contributed by atoms with Gasteiger partial charge in [-0.2, -0.15) is 10.2 Å². The summed E-state index contributed by atoms with van der Waals surface area (Å²) >= 11 is 1.57. The van der Waals surface area contributed by atoms with Crippen molar-refractivity contribution in [3.8, 4) is 10.6 Å². The van der Waals surface area contributed by atoms with Gasteiger partial charge in [0.1, 0.15) is 12.7 Å². The Kier molecular flexibility index (Phi) is 5.06. The number of thiophene rings is 1. The Morgan fingerprint density at radius 2 is 2.11 bits per heavy atom. The van der Waals surface area contributed by atoms with Crippen LogP contribution in [0.5, 0.6) is 0 Å². The van der Waals surface area contributed by atoms with Gasteiger partial charge in [0.05, 0.1) is 28.4 Å². The first kappa shape index (κ1) is 17.2. The van der Waals surface area contributed by atoms with E-state index in [4.69, 9.17) is 0 Å². The van der Waals surface area contributed by atoms with Crippen LogP contribution in [0.25, 0.3) is 10.6 Å². The maximum Gasteiger partial charge on any atom is 0.255 e. The van der Waals surface area contributed by atoms with Crippen molar-refractivity contribution in [1.29, 1.82) is 0 Å². The fourth-order valence-corrected chi connectivity index (χ4v) is 3.65. The molecule has 0 saturated carbocycles. The van der Waals surface area contributed by atoms with Gasteiger partial charge >= 0.3 is 0 Å². The molecule has 1 amide bonds. The normalized spacial score (nSPS) is 12.0. The number of nitrogens with zero attached hydrogens (tertiary/aromatic N) is 4. The summed E-state index contributed by atoms with van der Waals surface area (Å²) in [4.78, 5) is 17.9. The summed E-state index contributed by atoms with van der Waals surface area (Å²) in [6.07, 6.45) is 5.46. The summed E-state index contributed by atoms with van der Waals surface area (Å²) in [5.74, 6) is -0.153. The molecule has 3 aromatic heterocycles. The van der Waals surface area contributed by atoms with E-state index in [9.17, 15) is 4.79 Å². The highest BCUT2D eigenvalue weighted by Crippen LogP contribution is 2.26. The number of aryl methyl sites for hydroxylation is 1. The van der Waals surface area contributed by atoms with Crippen LogP contribution in [0, 0.1) is 0 Å². The van der Waals surface area contributed by atoms with Gasteiger partial charge in [0.25, 0.3) is 5.91 Å². The molecular formula is C19H18N6OS. The van der Waals surface area contributed by atoms with Crippen LogP contribution in [0.3, 0.4) is 0 Å². The monoisotopic (exact) mass is 378 g/mol. The summed E-state index contributed by atoms with van der Waals surface area (Å²) in [7, 11) is 0. The summed E-state index contributed by atoms with van der Waals surface area (Å²) in [5.41, 5.74) is 2.33. The molecule has 27 heavy (non-hydrogen) atoms. The Labute approximate surface area is 160 Å². The fraction of sp³-hybridized carbons (Fsp3) is 0.158. The molecule has 0 aliphatic carbocycles. The molecule has 0 fully saturated rings. The van der Waals surface area contributed by atoms with Crippen LogP contribution < -0.4 is 5.32 Å². The van der Waals surface area contributed by atoms with Gasteiger partial charge in [-0.05, 0) is 23.4 Å². The molecule has 0 unspecified atom stereocenters. The van der Waals surface area contributed by atoms with Crippen molar-refractivity contribution in [2.45, 2.75) is 19.0 Å². The third-order valence-corrected chi connectivity index (χ3v) is 5.16. The molecule has 1 atom stereocenters. The second-order valence-electron chi connectivity index (χ2n) is 6.02. The predicted octanol–water partition coefficient (Wildman–Crippen LogP) is 3.29. The minimum absolute atomic E-state index is 0.144. The summed E-state index contributed by atoms with van der Waals surface area (Å²) in [6.45, 7) is 0.656. The van der Waals surface area contributed by atoms with Crippen molar-refractivity contribution in [2.75, 3.05) is 0 Å². The standard InChI is InChI=1S/C19H18N6OS/c26-19(15-11-21-24-18(15)17-7-4-10-27-17)23-16(14-5-2-1-3-6-14)8-9-25-13-20-12-22-25/h1-7,10-13,16H,8-9H2,(H,21,24)(H,23,26)/t16-/m0/s1. The number of carbonyl (C=O) groups is 1. The zero-order chi connectivity index (χ0) is 18.5. The molecule has 0 bridgehead atoms. The van der Waals surface area contributed by atoms with E-state index >= 15 is 0 Å². The molecule has 0 spiro atoms. The van der Waals surface area contributed by atoms with Gasteiger partial charge in [0.2, 0.25) is 0 Å².